The van der Waals surface area contributed by atoms with Gasteiger partial charge in [0, 0.05) is 29.8 Å². The minimum atomic E-state index is -0.875. The lowest BCUT2D eigenvalue weighted by molar-refractivity contribution is -0.116. The number of nitrogens with zero attached hydrogens (tertiary/aromatic N) is 2. The minimum absolute atomic E-state index is 0.0720. The van der Waals surface area contributed by atoms with Gasteiger partial charge in [-0.15, -0.1) is 0 Å². The smallest absolute Gasteiger partial charge is 0.229 e. The number of fused-ring (bicyclic) bond motifs is 2. The van der Waals surface area contributed by atoms with Crippen molar-refractivity contribution in [3.05, 3.63) is 51.8 Å². The second kappa shape index (κ2) is 7.54. The lowest BCUT2D eigenvalue weighted by Crippen LogP contribution is -2.32. The van der Waals surface area contributed by atoms with Crippen molar-refractivity contribution in [2.75, 3.05) is 5.32 Å². The van der Waals surface area contributed by atoms with E-state index in [-0.39, 0.29) is 18.2 Å². The minimum Gasteiger partial charge on any atom is -0.327 e. The van der Waals surface area contributed by atoms with Crippen molar-refractivity contribution in [1.82, 2.24) is 9.97 Å². The van der Waals surface area contributed by atoms with E-state index in [2.05, 4.69) is 15.3 Å². The molecular formula is C21H24F2N4O. The van der Waals surface area contributed by atoms with Gasteiger partial charge in [0.25, 0.3) is 0 Å². The highest BCUT2D eigenvalue weighted by Gasteiger charge is 2.30. The number of amides is 1. The van der Waals surface area contributed by atoms with E-state index in [4.69, 9.17) is 5.73 Å². The Morgan fingerprint density at radius 3 is 2.79 bits per heavy atom. The summed E-state index contributed by atoms with van der Waals surface area (Å²) in [6.07, 6.45) is 5.52. The maximum Gasteiger partial charge on any atom is 0.229 e. The number of carbonyl (C=O) groups is 1. The highest BCUT2D eigenvalue weighted by atomic mass is 19.2. The molecule has 2 aliphatic carbocycles. The first-order chi connectivity index (χ1) is 13.4. The molecule has 0 saturated heterocycles. The van der Waals surface area contributed by atoms with Crippen LogP contribution in [-0.2, 0) is 24.1 Å². The topological polar surface area (TPSA) is 80.9 Å². The second-order valence-electron chi connectivity index (χ2n) is 7.79. The van der Waals surface area contributed by atoms with E-state index in [9.17, 15) is 13.6 Å². The molecule has 1 aromatic heterocycles. The van der Waals surface area contributed by atoms with Gasteiger partial charge in [0.05, 0.1) is 0 Å². The number of rotatable bonds is 4. The third-order valence-electron chi connectivity index (χ3n) is 5.89. The third-order valence-corrected chi connectivity index (χ3v) is 5.89. The molecule has 2 aromatic rings. The van der Waals surface area contributed by atoms with E-state index in [1.807, 2.05) is 6.92 Å². The summed E-state index contributed by atoms with van der Waals surface area (Å²) in [6.45, 7) is 1.94. The van der Waals surface area contributed by atoms with Crippen molar-refractivity contribution in [2.24, 2.45) is 5.73 Å². The van der Waals surface area contributed by atoms with Gasteiger partial charge in [-0.25, -0.2) is 18.7 Å². The molecule has 7 heteroatoms. The van der Waals surface area contributed by atoms with Crippen LogP contribution in [0.25, 0.3) is 0 Å². The molecule has 28 heavy (non-hydrogen) atoms. The summed E-state index contributed by atoms with van der Waals surface area (Å²) < 4.78 is 27.0. The van der Waals surface area contributed by atoms with Crippen LogP contribution in [0, 0.1) is 18.6 Å². The van der Waals surface area contributed by atoms with Gasteiger partial charge in [-0.2, -0.15) is 0 Å². The first kappa shape index (κ1) is 18.9. The molecular weight excluding hydrogens is 362 g/mol. The van der Waals surface area contributed by atoms with E-state index in [1.165, 1.54) is 17.7 Å². The molecule has 0 aliphatic heterocycles. The monoisotopic (exact) mass is 386 g/mol. The van der Waals surface area contributed by atoms with Crippen molar-refractivity contribution in [3.63, 3.8) is 0 Å². The molecule has 148 valence electrons. The summed E-state index contributed by atoms with van der Waals surface area (Å²) in [4.78, 5) is 21.4. The standard InChI is InChI=1S/C21H24F2N4O/c1-11-13-4-2-3-5-19(13)26-21(25-11)27-20(28)10-18(24)14-7-6-12-8-16(22)17(23)9-15(12)14/h8-9,14,18H,2-7,10,24H2,1H3,(H,25,26,27,28). The quantitative estimate of drug-likeness (QED) is 0.845. The molecule has 0 radical (unpaired) electrons. The van der Waals surface area contributed by atoms with Gasteiger partial charge in [-0.3, -0.25) is 10.1 Å². The van der Waals surface area contributed by atoms with Gasteiger partial charge in [0.2, 0.25) is 11.9 Å². The molecule has 3 N–H and O–H groups in total. The Morgan fingerprint density at radius 2 is 1.96 bits per heavy atom. The number of benzene rings is 1. The Balaban J connectivity index is 1.44. The van der Waals surface area contributed by atoms with Gasteiger partial charge < -0.3 is 5.73 Å². The number of carbonyl (C=O) groups excluding carboxylic acids is 1. The van der Waals surface area contributed by atoms with E-state index in [0.29, 0.717) is 24.4 Å². The van der Waals surface area contributed by atoms with Crippen LogP contribution in [0.15, 0.2) is 12.1 Å². The SMILES string of the molecule is Cc1nc(NC(=O)CC(N)C2CCc3cc(F)c(F)cc32)nc2c1CCCC2. The molecule has 0 spiro atoms. The number of hydrogen-bond acceptors (Lipinski definition) is 4. The number of nitrogens with one attached hydrogen (secondary N) is 1. The highest BCUT2D eigenvalue weighted by molar-refractivity contribution is 5.89. The first-order valence-electron chi connectivity index (χ1n) is 9.82. The largest absolute Gasteiger partial charge is 0.327 e. The molecule has 1 amide bonds. The Bertz CT molecular complexity index is 931. The molecule has 4 rings (SSSR count). The van der Waals surface area contributed by atoms with Crippen LogP contribution in [0.1, 0.15) is 59.7 Å². The van der Waals surface area contributed by atoms with E-state index < -0.39 is 17.7 Å². The first-order valence-corrected chi connectivity index (χ1v) is 9.82. The molecule has 2 aliphatic rings. The Labute approximate surface area is 162 Å². The summed E-state index contributed by atoms with van der Waals surface area (Å²) in [5, 5.41) is 2.76. The molecule has 1 aromatic carbocycles. The van der Waals surface area contributed by atoms with Crippen molar-refractivity contribution in [3.8, 4) is 0 Å². The van der Waals surface area contributed by atoms with Gasteiger partial charge in [-0.1, -0.05) is 0 Å². The lowest BCUT2D eigenvalue weighted by Gasteiger charge is -2.21. The predicted octanol–water partition coefficient (Wildman–Crippen LogP) is 3.33. The van der Waals surface area contributed by atoms with Gasteiger partial charge in [0.1, 0.15) is 0 Å². The van der Waals surface area contributed by atoms with Crippen molar-refractivity contribution >= 4 is 11.9 Å². The summed E-state index contributed by atoms with van der Waals surface area (Å²) in [5.74, 6) is -1.83. The molecule has 0 bridgehead atoms. The number of aryl methyl sites for hydroxylation is 3. The number of halogens is 2. The van der Waals surface area contributed by atoms with Crippen molar-refractivity contribution in [1.29, 1.82) is 0 Å². The number of aromatic nitrogens is 2. The average Bonchev–Trinajstić information content (AvgIpc) is 3.04. The fourth-order valence-electron chi connectivity index (χ4n) is 4.45. The number of anilines is 1. The second-order valence-corrected chi connectivity index (χ2v) is 7.79. The highest BCUT2D eigenvalue weighted by Crippen LogP contribution is 2.37. The average molecular weight is 386 g/mol. The molecule has 2 unspecified atom stereocenters. The van der Waals surface area contributed by atoms with Gasteiger partial charge in [0.15, 0.2) is 11.6 Å². The van der Waals surface area contributed by atoms with Crippen LogP contribution in [0.5, 0.6) is 0 Å². The number of hydrogen-bond donors (Lipinski definition) is 2. The zero-order chi connectivity index (χ0) is 19.8. The molecule has 0 fully saturated rings. The summed E-state index contributed by atoms with van der Waals surface area (Å²) in [6, 6.07) is 1.97. The normalized spacial score (nSPS) is 19.1. The van der Waals surface area contributed by atoms with Crippen LogP contribution in [0.2, 0.25) is 0 Å². The van der Waals surface area contributed by atoms with Crippen LogP contribution in [-0.4, -0.2) is 21.9 Å². The Morgan fingerprint density at radius 1 is 1.21 bits per heavy atom. The molecule has 1 heterocycles. The Hall–Kier alpha value is -2.41. The molecule has 2 atom stereocenters. The Kier molecular flexibility index (Phi) is 5.10. The van der Waals surface area contributed by atoms with E-state index in [1.54, 1.807) is 0 Å². The molecule has 5 nitrogen and oxygen atoms in total. The van der Waals surface area contributed by atoms with Gasteiger partial charge in [-0.05, 0) is 74.3 Å². The fraction of sp³-hybridized carbons (Fsp3) is 0.476. The predicted molar refractivity (Wildman–Crippen MR) is 102 cm³/mol. The van der Waals surface area contributed by atoms with Crippen molar-refractivity contribution in [2.45, 2.75) is 63.8 Å². The van der Waals surface area contributed by atoms with E-state index in [0.717, 1.165) is 42.6 Å². The van der Waals surface area contributed by atoms with Crippen LogP contribution < -0.4 is 11.1 Å². The zero-order valence-corrected chi connectivity index (χ0v) is 15.9. The zero-order valence-electron chi connectivity index (χ0n) is 15.9. The summed E-state index contributed by atoms with van der Waals surface area (Å²) >= 11 is 0. The fourth-order valence-corrected chi connectivity index (χ4v) is 4.45. The van der Waals surface area contributed by atoms with Crippen LogP contribution in [0.4, 0.5) is 14.7 Å². The third kappa shape index (κ3) is 3.63. The van der Waals surface area contributed by atoms with Gasteiger partial charge >= 0.3 is 0 Å². The van der Waals surface area contributed by atoms with Crippen molar-refractivity contribution < 1.29 is 13.6 Å². The molecule has 0 saturated carbocycles. The maximum absolute atomic E-state index is 13.6. The number of nitrogens with two attached hydrogens (primary N) is 1. The maximum atomic E-state index is 13.6. The summed E-state index contributed by atoms with van der Waals surface area (Å²) in [5.41, 5.74) is 10.9. The summed E-state index contributed by atoms with van der Waals surface area (Å²) in [7, 11) is 0. The van der Waals surface area contributed by atoms with Crippen LogP contribution in [0.3, 0.4) is 0 Å². The van der Waals surface area contributed by atoms with E-state index >= 15 is 0 Å². The lowest BCUT2D eigenvalue weighted by atomic mass is 9.91. The van der Waals surface area contributed by atoms with Crippen LogP contribution >= 0.6 is 0 Å².